The number of aromatic nitrogens is 3. The van der Waals surface area contributed by atoms with E-state index in [1.54, 1.807) is 0 Å². The third-order valence-corrected chi connectivity index (χ3v) is 2.41. The Labute approximate surface area is 90.7 Å². The number of nitrogens with zero attached hydrogens (tertiary/aromatic N) is 4. The Hall–Kier alpha value is -1.23. The molecule has 1 rings (SSSR count). The molecular weight excluding hydrogens is 190 g/mol. The molecule has 0 radical (unpaired) electrons. The molecule has 0 aliphatic heterocycles. The zero-order chi connectivity index (χ0) is 11.4. The lowest BCUT2D eigenvalue weighted by atomic mass is 10.2. The minimum Gasteiger partial charge on any atom is -0.342 e. The van der Waals surface area contributed by atoms with Gasteiger partial charge >= 0.3 is 0 Å². The van der Waals surface area contributed by atoms with Gasteiger partial charge in [0, 0.05) is 13.6 Å². The zero-order valence-electron chi connectivity index (χ0n) is 9.86. The van der Waals surface area contributed by atoms with Crippen LogP contribution in [0.25, 0.3) is 0 Å². The summed E-state index contributed by atoms with van der Waals surface area (Å²) in [4.78, 5) is 6.35. The maximum atomic E-state index is 5.57. The van der Waals surface area contributed by atoms with Crippen LogP contribution in [0.3, 0.4) is 0 Å². The molecule has 1 atom stereocenters. The van der Waals surface area contributed by atoms with Crippen molar-refractivity contribution in [3.05, 3.63) is 11.4 Å². The van der Waals surface area contributed by atoms with Gasteiger partial charge in [-0.1, -0.05) is 6.92 Å². The van der Waals surface area contributed by atoms with Crippen LogP contribution < -0.4 is 10.6 Å². The van der Waals surface area contributed by atoms with Gasteiger partial charge in [-0.15, -0.1) is 5.10 Å². The molecule has 1 aromatic heterocycles. The van der Waals surface area contributed by atoms with Gasteiger partial charge in [0.2, 0.25) is 5.95 Å². The highest BCUT2D eigenvalue weighted by atomic mass is 15.3. The van der Waals surface area contributed by atoms with E-state index in [0.717, 1.165) is 17.9 Å². The van der Waals surface area contributed by atoms with E-state index in [9.17, 15) is 0 Å². The predicted octanol–water partition coefficient (Wildman–Crippen LogP) is 0.519. The minimum atomic E-state index is 0.431. The van der Waals surface area contributed by atoms with Crippen molar-refractivity contribution in [1.82, 2.24) is 15.2 Å². The summed E-state index contributed by atoms with van der Waals surface area (Å²) in [6.07, 6.45) is 0. The summed E-state index contributed by atoms with van der Waals surface area (Å²) in [5, 5.41) is 8.10. The molecule has 0 aliphatic carbocycles. The number of nitrogens with two attached hydrogens (primary N) is 1. The van der Waals surface area contributed by atoms with Gasteiger partial charge in [-0.05, 0) is 26.3 Å². The fourth-order valence-corrected chi connectivity index (χ4v) is 1.23. The quantitative estimate of drug-likeness (QED) is 0.783. The van der Waals surface area contributed by atoms with Crippen LogP contribution in [0.5, 0.6) is 0 Å². The predicted molar refractivity (Wildman–Crippen MR) is 60.8 cm³/mol. The van der Waals surface area contributed by atoms with E-state index in [0.29, 0.717) is 18.4 Å². The molecule has 84 valence electrons. The van der Waals surface area contributed by atoms with Crippen LogP contribution in [0.2, 0.25) is 0 Å². The van der Waals surface area contributed by atoms with Crippen LogP contribution in [0.15, 0.2) is 0 Å². The average molecular weight is 209 g/mol. The Balaban J connectivity index is 2.73. The highest BCUT2D eigenvalue weighted by Crippen LogP contribution is 2.08. The third-order valence-electron chi connectivity index (χ3n) is 2.41. The van der Waals surface area contributed by atoms with E-state index >= 15 is 0 Å². The van der Waals surface area contributed by atoms with E-state index < -0.39 is 0 Å². The maximum Gasteiger partial charge on any atom is 0.245 e. The lowest BCUT2D eigenvalue weighted by Gasteiger charge is -2.20. The lowest BCUT2D eigenvalue weighted by Crippen LogP contribution is -2.29. The molecule has 1 aromatic rings. The van der Waals surface area contributed by atoms with Gasteiger partial charge in [-0.3, -0.25) is 0 Å². The second-order valence-electron chi connectivity index (χ2n) is 4.00. The normalized spacial score (nSPS) is 12.6. The molecule has 1 unspecified atom stereocenters. The summed E-state index contributed by atoms with van der Waals surface area (Å²) in [6, 6.07) is 0. The molecule has 0 spiro atoms. The van der Waals surface area contributed by atoms with E-state index in [-0.39, 0.29) is 0 Å². The summed E-state index contributed by atoms with van der Waals surface area (Å²) >= 11 is 0. The highest BCUT2D eigenvalue weighted by molar-refractivity contribution is 5.28. The molecule has 0 saturated heterocycles. The number of hydrogen-bond acceptors (Lipinski definition) is 5. The van der Waals surface area contributed by atoms with E-state index in [1.807, 2.05) is 25.8 Å². The van der Waals surface area contributed by atoms with Crippen molar-refractivity contribution in [2.45, 2.75) is 20.8 Å². The molecule has 1 heterocycles. The molecule has 0 aromatic carbocycles. The third kappa shape index (κ3) is 3.13. The van der Waals surface area contributed by atoms with Crippen molar-refractivity contribution < 1.29 is 0 Å². The maximum absolute atomic E-state index is 5.57. The molecule has 15 heavy (non-hydrogen) atoms. The largest absolute Gasteiger partial charge is 0.342 e. The van der Waals surface area contributed by atoms with E-state index in [2.05, 4.69) is 22.1 Å². The van der Waals surface area contributed by atoms with Crippen molar-refractivity contribution in [3.63, 3.8) is 0 Å². The molecule has 0 fully saturated rings. The Kier molecular flexibility index (Phi) is 3.96. The van der Waals surface area contributed by atoms with Crippen LogP contribution in [-0.4, -0.2) is 35.3 Å². The first-order valence-electron chi connectivity index (χ1n) is 5.13. The molecule has 0 bridgehead atoms. The van der Waals surface area contributed by atoms with Crippen LogP contribution >= 0.6 is 0 Å². The van der Waals surface area contributed by atoms with Crippen LogP contribution in [0.1, 0.15) is 18.3 Å². The summed E-state index contributed by atoms with van der Waals surface area (Å²) in [7, 11) is 1.96. The average Bonchev–Trinajstić information content (AvgIpc) is 2.21. The van der Waals surface area contributed by atoms with Crippen LogP contribution in [0, 0.1) is 19.8 Å². The van der Waals surface area contributed by atoms with Crippen molar-refractivity contribution in [1.29, 1.82) is 0 Å². The number of aryl methyl sites for hydroxylation is 2. The van der Waals surface area contributed by atoms with Gasteiger partial charge in [0.05, 0.1) is 11.4 Å². The van der Waals surface area contributed by atoms with Gasteiger partial charge in [0.1, 0.15) is 0 Å². The number of hydrogen-bond donors (Lipinski definition) is 1. The SMILES string of the molecule is Cc1nnc(N(C)CC(C)CN)nc1C. The highest BCUT2D eigenvalue weighted by Gasteiger charge is 2.09. The Bertz CT molecular complexity index is 326. The van der Waals surface area contributed by atoms with Gasteiger partial charge in [0.25, 0.3) is 0 Å². The Morgan fingerprint density at radius 1 is 1.27 bits per heavy atom. The standard InChI is InChI=1S/C10H19N5/c1-7(5-11)6-15(4)10-12-8(2)9(3)13-14-10/h7H,5-6,11H2,1-4H3. The number of anilines is 1. The first-order valence-corrected chi connectivity index (χ1v) is 5.13. The lowest BCUT2D eigenvalue weighted by molar-refractivity contribution is 0.581. The molecule has 0 aliphatic rings. The second kappa shape index (κ2) is 5.02. The summed E-state index contributed by atoms with van der Waals surface area (Å²) in [5.74, 6) is 1.10. The minimum absolute atomic E-state index is 0.431. The van der Waals surface area contributed by atoms with Gasteiger partial charge in [-0.25, -0.2) is 4.98 Å². The van der Waals surface area contributed by atoms with E-state index in [1.165, 1.54) is 0 Å². The number of rotatable bonds is 4. The van der Waals surface area contributed by atoms with Crippen molar-refractivity contribution in [2.24, 2.45) is 11.7 Å². The summed E-state index contributed by atoms with van der Waals surface area (Å²) in [6.45, 7) is 7.46. The molecular formula is C10H19N5. The summed E-state index contributed by atoms with van der Waals surface area (Å²) < 4.78 is 0. The van der Waals surface area contributed by atoms with Gasteiger partial charge < -0.3 is 10.6 Å². The fraction of sp³-hybridized carbons (Fsp3) is 0.700. The zero-order valence-corrected chi connectivity index (χ0v) is 9.86. The van der Waals surface area contributed by atoms with Crippen molar-refractivity contribution in [3.8, 4) is 0 Å². The van der Waals surface area contributed by atoms with Gasteiger partial charge in [-0.2, -0.15) is 5.10 Å². The smallest absolute Gasteiger partial charge is 0.245 e. The molecule has 5 nitrogen and oxygen atoms in total. The van der Waals surface area contributed by atoms with Crippen LogP contribution in [0.4, 0.5) is 5.95 Å². The van der Waals surface area contributed by atoms with Crippen LogP contribution in [-0.2, 0) is 0 Å². The first-order chi connectivity index (χ1) is 7.04. The summed E-state index contributed by atoms with van der Waals surface area (Å²) in [5.41, 5.74) is 7.37. The molecule has 0 amide bonds. The van der Waals surface area contributed by atoms with Crippen molar-refractivity contribution in [2.75, 3.05) is 25.0 Å². The van der Waals surface area contributed by atoms with Gasteiger partial charge in [0.15, 0.2) is 0 Å². The topological polar surface area (TPSA) is 67.9 Å². The molecule has 0 saturated carbocycles. The van der Waals surface area contributed by atoms with E-state index in [4.69, 9.17) is 5.73 Å². The monoisotopic (exact) mass is 209 g/mol. The van der Waals surface area contributed by atoms with Crippen molar-refractivity contribution >= 4 is 5.95 Å². The molecule has 2 N–H and O–H groups in total. The Morgan fingerprint density at radius 2 is 1.93 bits per heavy atom. The first kappa shape index (κ1) is 11.8. The fourth-order valence-electron chi connectivity index (χ4n) is 1.23. The Morgan fingerprint density at radius 3 is 2.47 bits per heavy atom. The molecule has 5 heteroatoms. The second-order valence-corrected chi connectivity index (χ2v) is 4.00.